The summed E-state index contributed by atoms with van der Waals surface area (Å²) in [5.41, 5.74) is 2.36. The summed E-state index contributed by atoms with van der Waals surface area (Å²) in [5, 5.41) is 11.5. The maximum Gasteiger partial charge on any atom is 0.296 e. The van der Waals surface area contributed by atoms with Gasteiger partial charge in [0.15, 0.2) is 0 Å². The standard InChI is InChI=1S/C27H27N3O4/c1-27(2,3)18-10-11-21(34-4)20(14-18)24(31)22-23(17-8-7-12-28-15-17)30(26(33)25(22)32)16-19-9-5-6-13-29-19/h5-15,23,31H,16H2,1-4H3/b24-22+. The second-order valence-corrected chi connectivity index (χ2v) is 9.20. The van der Waals surface area contributed by atoms with Crippen LogP contribution in [-0.4, -0.2) is 38.8 Å². The number of methoxy groups -OCH3 is 1. The highest BCUT2D eigenvalue weighted by Gasteiger charge is 2.46. The van der Waals surface area contributed by atoms with Crippen LogP contribution in [0.15, 0.2) is 72.7 Å². The number of rotatable bonds is 5. The number of likely N-dealkylation sites (tertiary alicyclic amines) is 1. The van der Waals surface area contributed by atoms with E-state index in [2.05, 4.69) is 30.7 Å². The van der Waals surface area contributed by atoms with Gasteiger partial charge in [-0.15, -0.1) is 0 Å². The topological polar surface area (TPSA) is 92.6 Å². The maximum absolute atomic E-state index is 13.3. The van der Waals surface area contributed by atoms with Crippen LogP contribution in [0.3, 0.4) is 0 Å². The number of aliphatic hydroxyl groups is 1. The molecule has 0 saturated carbocycles. The molecule has 34 heavy (non-hydrogen) atoms. The van der Waals surface area contributed by atoms with Crippen molar-refractivity contribution in [3.05, 3.63) is 95.1 Å². The summed E-state index contributed by atoms with van der Waals surface area (Å²) in [5.74, 6) is -1.33. The number of aliphatic hydroxyl groups excluding tert-OH is 1. The first-order chi connectivity index (χ1) is 16.2. The van der Waals surface area contributed by atoms with Crippen molar-refractivity contribution in [1.82, 2.24) is 14.9 Å². The minimum Gasteiger partial charge on any atom is -0.507 e. The third-order valence-electron chi connectivity index (χ3n) is 5.92. The molecule has 0 spiro atoms. The van der Waals surface area contributed by atoms with Crippen LogP contribution in [0.4, 0.5) is 0 Å². The van der Waals surface area contributed by atoms with Gasteiger partial charge in [0, 0.05) is 18.6 Å². The van der Waals surface area contributed by atoms with E-state index < -0.39 is 17.7 Å². The molecule has 1 aliphatic rings. The molecule has 0 radical (unpaired) electrons. The lowest BCUT2D eigenvalue weighted by atomic mass is 9.85. The Morgan fingerprint density at radius 3 is 2.50 bits per heavy atom. The predicted molar refractivity (Wildman–Crippen MR) is 128 cm³/mol. The highest BCUT2D eigenvalue weighted by Crippen LogP contribution is 2.42. The zero-order valence-electron chi connectivity index (χ0n) is 19.6. The van der Waals surface area contributed by atoms with Crippen LogP contribution >= 0.6 is 0 Å². The van der Waals surface area contributed by atoms with Gasteiger partial charge >= 0.3 is 0 Å². The third-order valence-corrected chi connectivity index (χ3v) is 5.92. The van der Waals surface area contributed by atoms with Crippen molar-refractivity contribution in [2.75, 3.05) is 7.11 Å². The summed E-state index contributed by atoms with van der Waals surface area (Å²) >= 11 is 0. The quantitative estimate of drug-likeness (QED) is 0.347. The normalized spacial score (nSPS) is 17.8. The SMILES string of the molecule is COc1ccc(C(C)(C)C)cc1/C(O)=C1\C(=O)C(=O)N(Cc2ccccn2)C1c1cccnc1. The van der Waals surface area contributed by atoms with Gasteiger partial charge in [0.1, 0.15) is 11.5 Å². The number of ether oxygens (including phenoxy) is 1. The van der Waals surface area contributed by atoms with Crippen molar-refractivity contribution in [2.45, 2.75) is 38.8 Å². The lowest BCUT2D eigenvalue weighted by Crippen LogP contribution is -2.29. The van der Waals surface area contributed by atoms with Gasteiger partial charge in [-0.2, -0.15) is 0 Å². The van der Waals surface area contributed by atoms with Crippen LogP contribution in [-0.2, 0) is 21.5 Å². The average molecular weight is 458 g/mol. The highest BCUT2D eigenvalue weighted by molar-refractivity contribution is 6.46. The second kappa shape index (κ2) is 9.09. The molecule has 0 aliphatic carbocycles. The Hall–Kier alpha value is -4.00. The summed E-state index contributed by atoms with van der Waals surface area (Å²) in [4.78, 5) is 36.4. The number of nitrogens with zero attached hydrogens (tertiary/aromatic N) is 3. The molecule has 1 aromatic carbocycles. The molecule has 1 amide bonds. The van der Waals surface area contributed by atoms with Crippen molar-refractivity contribution in [2.24, 2.45) is 0 Å². The Kier molecular flexibility index (Phi) is 6.20. The smallest absolute Gasteiger partial charge is 0.296 e. The molecule has 2 aromatic heterocycles. The summed E-state index contributed by atoms with van der Waals surface area (Å²) in [7, 11) is 1.50. The number of carbonyl (C=O) groups is 2. The number of hydrogen-bond acceptors (Lipinski definition) is 6. The molecule has 1 saturated heterocycles. The van der Waals surface area contributed by atoms with Gasteiger partial charge in [-0.05, 0) is 46.9 Å². The zero-order chi connectivity index (χ0) is 24.5. The van der Waals surface area contributed by atoms with Crippen molar-refractivity contribution in [3.63, 3.8) is 0 Å². The Morgan fingerprint density at radius 2 is 1.88 bits per heavy atom. The van der Waals surface area contributed by atoms with E-state index in [0.29, 0.717) is 22.6 Å². The Bertz CT molecular complexity index is 1250. The fraction of sp³-hybridized carbons (Fsp3) is 0.259. The van der Waals surface area contributed by atoms with E-state index >= 15 is 0 Å². The molecule has 1 N–H and O–H groups in total. The first-order valence-corrected chi connectivity index (χ1v) is 11.0. The first-order valence-electron chi connectivity index (χ1n) is 11.0. The van der Waals surface area contributed by atoms with E-state index in [0.717, 1.165) is 5.56 Å². The van der Waals surface area contributed by atoms with Crippen molar-refractivity contribution < 1.29 is 19.4 Å². The molecule has 3 heterocycles. The second-order valence-electron chi connectivity index (χ2n) is 9.20. The summed E-state index contributed by atoms with van der Waals surface area (Å²) < 4.78 is 5.49. The lowest BCUT2D eigenvalue weighted by molar-refractivity contribution is -0.140. The Balaban J connectivity index is 1.91. The molecule has 7 heteroatoms. The molecule has 4 rings (SSSR count). The molecule has 0 bridgehead atoms. The molecule has 1 atom stereocenters. The predicted octanol–water partition coefficient (Wildman–Crippen LogP) is 4.40. The van der Waals surface area contributed by atoms with Gasteiger partial charge in [0.05, 0.1) is 36.5 Å². The van der Waals surface area contributed by atoms with E-state index in [1.54, 1.807) is 55.0 Å². The average Bonchev–Trinajstić information content (AvgIpc) is 3.08. The Morgan fingerprint density at radius 1 is 1.09 bits per heavy atom. The van der Waals surface area contributed by atoms with E-state index in [1.807, 2.05) is 12.1 Å². The molecule has 174 valence electrons. The van der Waals surface area contributed by atoms with Gasteiger partial charge in [0.25, 0.3) is 11.7 Å². The summed E-state index contributed by atoms with van der Waals surface area (Å²) in [6.45, 7) is 6.28. The molecule has 1 unspecified atom stereocenters. The van der Waals surface area contributed by atoms with Crippen LogP contribution in [0.5, 0.6) is 5.75 Å². The van der Waals surface area contributed by atoms with Gasteiger partial charge < -0.3 is 14.7 Å². The van der Waals surface area contributed by atoms with Gasteiger partial charge in [0.2, 0.25) is 0 Å². The number of pyridine rings is 2. The molecule has 7 nitrogen and oxygen atoms in total. The van der Waals surface area contributed by atoms with Gasteiger partial charge in [-0.25, -0.2) is 0 Å². The largest absolute Gasteiger partial charge is 0.507 e. The molecule has 3 aromatic rings. The van der Waals surface area contributed by atoms with E-state index in [-0.39, 0.29) is 23.3 Å². The zero-order valence-corrected chi connectivity index (χ0v) is 19.6. The fourth-order valence-electron chi connectivity index (χ4n) is 4.10. The number of amides is 1. The summed E-state index contributed by atoms with van der Waals surface area (Å²) in [6, 6.07) is 13.6. The van der Waals surface area contributed by atoms with Gasteiger partial charge in [-0.1, -0.05) is 39.0 Å². The van der Waals surface area contributed by atoms with E-state index in [4.69, 9.17) is 4.74 Å². The number of carbonyl (C=O) groups excluding carboxylic acids is 2. The third kappa shape index (κ3) is 4.29. The monoisotopic (exact) mass is 457 g/mol. The number of ketones is 1. The Labute approximate surface area is 198 Å². The first kappa shape index (κ1) is 23.2. The minimum atomic E-state index is -0.821. The van der Waals surface area contributed by atoms with E-state index in [1.165, 1.54) is 12.0 Å². The molecule has 1 aliphatic heterocycles. The van der Waals surface area contributed by atoms with Crippen molar-refractivity contribution in [3.8, 4) is 5.75 Å². The van der Waals surface area contributed by atoms with Crippen molar-refractivity contribution >= 4 is 17.4 Å². The fourth-order valence-corrected chi connectivity index (χ4v) is 4.10. The molecule has 1 fully saturated rings. The van der Waals surface area contributed by atoms with Crippen LogP contribution in [0.2, 0.25) is 0 Å². The lowest BCUT2D eigenvalue weighted by Gasteiger charge is -2.25. The molecular weight excluding hydrogens is 430 g/mol. The van der Waals surface area contributed by atoms with Crippen molar-refractivity contribution in [1.29, 1.82) is 0 Å². The number of hydrogen-bond donors (Lipinski definition) is 1. The van der Waals surface area contributed by atoms with E-state index in [9.17, 15) is 14.7 Å². The van der Waals surface area contributed by atoms with Gasteiger partial charge in [-0.3, -0.25) is 19.6 Å². The van der Waals surface area contributed by atoms with Crippen LogP contribution in [0.25, 0.3) is 5.76 Å². The summed E-state index contributed by atoms with van der Waals surface area (Å²) in [6.07, 6.45) is 4.84. The highest BCUT2D eigenvalue weighted by atomic mass is 16.5. The number of aromatic nitrogens is 2. The van der Waals surface area contributed by atoms with Crippen LogP contribution < -0.4 is 4.74 Å². The van der Waals surface area contributed by atoms with Crippen LogP contribution in [0, 0.1) is 0 Å². The minimum absolute atomic E-state index is 0.00158. The maximum atomic E-state index is 13.3. The molecular formula is C27H27N3O4. The van der Waals surface area contributed by atoms with Crippen LogP contribution in [0.1, 0.15) is 49.2 Å². The number of Topliss-reactive ketones (excluding diaryl/α,β-unsaturated/α-hetero) is 1. The number of benzene rings is 1.